The fourth-order valence-electron chi connectivity index (χ4n) is 2.42. The number of pyridine rings is 2. The van der Waals surface area contributed by atoms with E-state index in [1.807, 2.05) is 12.1 Å². The van der Waals surface area contributed by atoms with Crippen molar-refractivity contribution in [1.82, 2.24) is 14.9 Å². The van der Waals surface area contributed by atoms with Crippen molar-refractivity contribution in [2.24, 2.45) is 0 Å². The molecule has 0 atom stereocenters. The third kappa shape index (κ3) is 3.14. The van der Waals surface area contributed by atoms with Gasteiger partial charge in [0.2, 0.25) is 0 Å². The van der Waals surface area contributed by atoms with Crippen LogP contribution in [0.25, 0.3) is 11.3 Å². The van der Waals surface area contributed by atoms with Gasteiger partial charge in [0.15, 0.2) is 0 Å². The zero-order chi connectivity index (χ0) is 14.8. The van der Waals surface area contributed by atoms with Crippen LogP contribution in [0, 0.1) is 5.82 Å². The number of rotatable bonds is 2. The smallest absolute Gasteiger partial charge is 0.137 e. The molecule has 2 aromatic rings. The summed E-state index contributed by atoms with van der Waals surface area (Å²) in [6, 6.07) is 5.07. The van der Waals surface area contributed by atoms with E-state index in [-0.39, 0.29) is 5.15 Å². The maximum atomic E-state index is 14.0. The molecule has 0 radical (unpaired) electrons. The van der Waals surface area contributed by atoms with E-state index in [1.54, 1.807) is 6.20 Å². The Hall–Kier alpha value is -1.72. The molecule has 0 aromatic carbocycles. The molecule has 2 aromatic heterocycles. The van der Waals surface area contributed by atoms with Crippen molar-refractivity contribution in [3.63, 3.8) is 0 Å². The molecule has 21 heavy (non-hydrogen) atoms. The third-order valence-electron chi connectivity index (χ3n) is 3.71. The van der Waals surface area contributed by atoms with E-state index in [1.165, 1.54) is 12.3 Å². The molecular formula is C15H16ClFN4. The molecule has 0 N–H and O–H groups in total. The molecule has 1 saturated heterocycles. The van der Waals surface area contributed by atoms with Gasteiger partial charge in [0.05, 0.1) is 11.3 Å². The van der Waals surface area contributed by atoms with Crippen LogP contribution in [-0.4, -0.2) is 48.1 Å². The average molecular weight is 307 g/mol. The van der Waals surface area contributed by atoms with Crippen LogP contribution in [0.15, 0.2) is 30.6 Å². The summed E-state index contributed by atoms with van der Waals surface area (Å²) in [5.74, 6) is -0.405. The second kappa shape index (κ2) is 5.95. The summed E-state index contributed by atoms with van der Waals surface area (Å²) < 4.78 is 14.0. The third-order valence-corrected chi connectivity index (χ3v) is 3.91. The van der Waals surface area contributed by atoms with E-state index in [9.17, 15) is 4.39 Å². The number of piperazine rings is 1. The van der Waals surface area contributed by atoms with Crippen molar-refractivity contribution >= 4 is 17.3 Å². The van der Waals surface area contributed by atoms with E-state index in [4.69, 9.17) is 11.6 Å². The van der Waals surface area contributed by atoms with E-state index in [0.29, 0.717) is 11.3 Å². The number of nitrogens with zero attached hydrogens (tertiary/aromatic N) is 4. The van der Waals surface area contributed by atoms with Crippen LogP contribution in [0.1, 0.15) is 0 Å². The van der Waals surface area contributed by atoms with Crippen molar-refractivity contribution in [2.45, 2.75) is 0 Å². The van der Waals surface area contributed by atoms with Crippen molar-refractivity contribution in [3.05, 3.63) is 41.6 Å². The van der Waals surface area contributed by atoms with Gasteiger partial charge in [-0.25, -0.2) is 9.37 Å². The molecule has 3 rings (SSSR count). The minimum atomic E-state index is -0.405. The van der Waals surface area contributed by atoms with Crippen LogP contribution in [0.2, 0.25) is 5.15 Å². The highest BCUT2D eigenvalue weighted by atomic mass is 35.5. The van der Waals surface area contributed by atoms with Crippen LogP contribution >= 0.6 is 11.6 Å². The molecule has 1 aliphatic rings. The molecule has 4 nitrogen and oxygen atoms in total. The second-order valence-corrected chi connectivity index (χ2v) is 5.56. The quantitative estimate of drug-likeness (QED) is 0.799. The summed E-state index contributed by atoms with van der Waals surface area (Å²) in [5, 5.41) is 0.145. The predicted molar refractivity (Wildman–Crippen MR) is 82.1 cm³/mol. The molecule has 0 saturated carbocycles. The maximum absolute atomic E-state index is 14.0. The van der Waals surface area contributed by atoms with E-state index >= 15 is 0 Å². The Labute approximate surface area is 128 Å². The van der Waals surface area contributed by atoms with E-state index < -0.39 is 5.82 Å². The SMILES string of the molecule is CN1CCN(c2ccnc(-c3cnc(Cl)cc3F)c2)CC1. The average Bonchev–Trinajstić information content (AvgIpc) is 2.48. The number of aromatic nitrogens is 2. The molecule has 3 heterocycles. The van der Waals surface area contributed by atoms with Gasteiger partial charge in [-0.05, 0) is 19.2 Å². The molecule has 1 fully saturated rings. The van der Waals surface area contributed by atoms with Gasteiger partial charge in [-0.2, -0.15) is 0 Å². The molecule has 0 amide bonds. The first kappa shape index (κ1) is 14.2. The molecule has 0 unspecified atom stereocenters. The molecule has 0 bridgehead atoms. The molecule has 0 aliphatic carbocycles. The Kier molecular flexibility index (Phi) is 4.03. The summed E-state index contributed by atoms with van der Waals surface area (Å²) in [6.45, 7) is 3.96. The van der Waals surface area contributed by atoms with E-state index in [2.05, 4.69) is 26.8 Å². The minimum Gasteiger partial charge on any atom is -0.369 e. The summed E-state index contributed by atoms with van der Waals surface area (Å²) in [5.41, 5.74) is 2.01. The monoisotopic (exact) mass is 306 g/mol. The van der Waals surface area contributed by atoms with Gasteiger partial charge in [-0.15, -0.1) is 0 Å². The maximum Gasteiger partial charge on any atom is 0.137 e. The lowest BCUT2D eigenvalue weighted by Crippen LogP contribution is -2.44. The standard InChI is InChI=1S/C15H16ClFN4/c1-20-4-6-21(7-5-20)11-2-3-18-14(8-11)12-10-19-15(16)9-13(12)17/h2-3,8-10H,4-7H2,1H3. The first-order chi connectivity index (χ1) is 10.1. The first-order valence-corrected chi connectivity index (χ1v) is 7.22. The van der Waals surface area contributed by atoms with Crippen LogP contribution in [-0.2, 0) is 0 Å². The van der Waals surface area contributed by atoms with Gasteiger partial charge < -0.3 is 9.80 Å². The summed E-state index contributed by atoms with van der Waals surface area (Å²) in [6.07, 6.45) is 3.13. The fraction of sp³-hybridized carbons (Fsp3) is 0.333. The van der Waals surface area contributed by atoms with Gasteiger partial charge in [0, 0.05) is 50.3 Å². The highest BCUT2D eigenvalue weighted by Crippen LogP contribution is 2.26. The lowest BCUT2D eigenvalue weighted by atomic mass is 10.1. The summed E-state index contributed by atoms with van der Waals surface area (Å²) >= 11 is 5.69. The van der Waals surface area contributed by atoms with Gasteiger partial charge in [0.1, 0.15) is 11.0 Å². The number of hydrogen-bond donors (Lipinski definition) is 0. The summed E-state index contributed by atoms with van der Waals surface area (Å²) in [7, 11) is 2.12. The number of likely N-dealkylation sites (N-methyl/N-ethyl adjacent to an activating group) is 1. The largest absolute Gasteiger partial charge is 0.369 e. The van der Waals surface area contributed by atoms with Crippen LogP contribution in [0.5, 0.6) is 0 Å². The van der Waals surface area contributed by atoms with Gasteiger partial charge in [-0.3, -0.25) is 4.98 Å². The van der Waals surface area contributed by atoms with E-state index in [0.717, 1.165) is 31.9 Å². The molecule has 110 valence electrons. The van der Waals surface area contributed by atoms with Crippen LogP contribution < -0.4 is 4.90 Å². The fourth-order valence-corrected chi connectivity index (χ4v) is 2.57. The highest BCUT2D eigenvalue weighted by molar-refractivity contribution is 6.29. The van der Waals surface area contributed by atoms with Gasteiger partial charge in [0.25, 0.3) is 0 Å². The molecule has 0 spiro atoms. The zero-order valence-corrected chi connectivity index (χ0v) is 12.5. The Morgan fingerprint density at radius 3 is 2.62 bits per heavy atom. The Morgan fingerprint density at radius 1 is 1.14 bits per heavy atom. The normalized spacial score (nSPS) is 16.2. The molecule has 6 heteroatoms. The Bertz CT molecular complexity index is 641. The lowest BCUT2D eigenvalue weighted by Gasteiger charge is -2.34. The Balaban J connectivity index is 1.89. The van der Waals surface area contributed by atoms with Crippen LogP contribution in [0.3, 0.4) is 0 Å². The second-order valence-electron chi connectivity index (χ2n) is 5.18. The van der Waals surface area contributed by atoms with Crippen LogP contribution in [0.4, 0.5) is 10.1 Å². The first-order valence-electron chi connectivity index (χ1n) is 6.84. The predicted octanol–water partition coefficient (Wildman–Crippen LogP) is 2.69. The summed E-state index contributed by atoms with van der Waals surface area (Å²) in [4.78, 5) is 12.8. The number of halogens is 2. The van der Waals surface area contributed by atoms with Gasteiger partial charge >= 0.3 is 0 Å². The minimum absolute atomic E-state index is 0.145. The Morgan fingerprint density at radius 2 is 1.90 bits per heavy atom. The number of anilines is 1. The van der Waals surface area contributed by atoms with Crippen molar-refractivity contribution < 1.29 is 4.39 Å². The topological polar surface area (TPSA) is 32.3 Å². The van der Waals surface area contributed by atoms with Crippen molar-refractivity contribution in [3.8, 4) is 11.3 Å². The van der Waals surface area contributed by atoms with Crippen molar-refractivity contribution in [1.29, 1.82) is 0 Å². The van der Waals surface area contributed by atoms with Gasteiger partial charge in [-0.1, -0.05) is 11.6 Å². The molecular weight excluding hydrogens is 291 g/mol. The van der Waals surface area contributed by atoms with Crippen molar-refractivity contribution in [2.75, 3.05) is 38.1 Å². The highest BCUT2D eigenvalue weighted by Gasteiger charge is 2.16. The number of hydrogen-bond acceptors (Lipinski definition) is 4. The lowest BCUT2D eigenvalue weighted by molar-refractivity contribution is 0.313. The molecule has 1 aliphatic heterocycles. The zero-order valence-electron chi connectivity index (χ0n) is 11.8.